The van der Waals surface area contributed by atoms with E-state index < -0.39 is 0 Å². The number of aryl methyl sites for hydroxylation is 1. The third-order valence-electron chi connectivity index (χ3n) is 3.49. The van der Waals surface area contributed by atoms with Crippen LogP contribution in [-0.2, 0) is 11.3 Å². The summed E-state index contributed by atoms with van der Waals surface area (Å²) in [6.45, 7) is 8.23. The van der Waals surface area contributed by atoms with Gasteiger partial charge in [-0.3, -0.25) is 0 Å². The van der Waals surface area contributed by atoms with E-state index in [0.29, 0.717) is 6.04 Å². The van der Waals surface area contributed by atoms with Crippen LogP contribution in [0.1, 0.15) is 37.8 Å². The zero-order valence-electron chi connectivity index (χ0n) is 11.4. The first kappa shape index (κ1) is 14.0. The molecule has 3 heteroatoms. The Hall–Kier alpha value is -0.380. The van der Waals surface area contributed by atoms with E-state index in [4.69, 9.17) is 4.74 Å². The number of benzene rings is 1. The lowest BCUT2D eigenvalue weighted by Crippen LogP contribution is -2.43. The predicted octanol–water partition coefficient (Wildman–Crippen LogP) is 3.80. The predicted molar refractivity (Wildman–Crippen MR) is 78.8 cm³/mol. The Morgan fingerprint density at radius 1 is 1.44 bits per heavy atom. The van der Waals surface area contributed by atoms with Crippen molar-refractivity contribution in [1.29, 1.82) is 0 Å². The second-order valence-electron chi connectivity index (χ2n) is 5.77. The first-order valence-electron chi connectivity index (χ1n) is 6.59. The lowest BCUT2D eigenvalue weighted by atomic mass is 9.94. The van der Waals surface area contributed by atoms with E-state index in [0.717, 1.165) is 26.0 Å². The molecule has 1 aliphatic rings. The SMILES string of the molecule is Cc1ccc(CNC2CCOC(C)(C)C2)c(Br)c1. The van der Waals surface area contributed by atoms with Crippen LogP contribution in [0, 0.1) is 6.92 Å². The first-order chi connectivity index (χ1) is 8.46. The molecule has 0 radical (unpaired) electrons. The van der Waals surface area contributed by atoms with Crippen molar-refractivity contribution in [3.05, 3.63) is 33.8 Å². The minimum atomic E-state index is 0.0143. The quantitative estimate of drug-likeness (QED) is 0.916. The molecule has 0 amide bonds. The highest BCUT2D eigenvalue weighted by Gasteiger charge is 2.28. The summed E-state index contributed by atoms with van der Waals surface area (Å²) in [6.07, 6.45) is 2.18. The minimum absolute atomic E-state index is 0.0143. The van der Waals surface area contributed by atoms with Gasteiger partial charge in [-0.2, -0.15) is 0 Å². The smallest absolute Gasteiger partial charge is 0.0641 e. The highest BCUT2D eigenvalue weighted by Crippen LogP contribution is 2.25. The van der Waals surface area contributed by atoms with Crippen LogP contribution in [0.3, 0.4) is 0 Å². The van der Waals surface area contributed by atoms with Crippen LogP contribution in [0.4, 0.5) is 0 Å². The number of nitrogens with one attached hydrogen (secondary N) is 1. The number of hydrogen-bond acceptors (Lipinski definition) is 2. The molecular formula is C15H22BrNO. The van der Waals surface area contributed by atoms with Gasteiger partial charge in [0.2, 0.25) is 0 Å². The summed E-state index contributed by atoms with van der Waals surface area (Å²) in [6, 6.07) is 7.08. The monoisotopic (exact) mass is 311 g/mol. The van der Waals surface area contributed by atoms with Gasteiger partial charge in [0.15, 0.2) is 0 Å². The third-order valence-corrected chi connectivity index (χ3v) is 4.23. The van der Waals surface area contributed by atoms with E-state index in [1.807, 2.05) is 0 Å². The highest BCUT2D eigenvalue weighted by atomic mass is 79.9. The molecule has 1 fully saturated rings. The average Bonchev–Trinajstić information content (AvgIpc) is 2.26. The molecule has 1 heterocycles. The summed E-state index contributed by atoms with van der Waals surface area (Å²) in [4.78, 5) is 0. The summed E-state index contributed by atoms with van der Waals surface area (Å²) in [7, 11) is 0. The maximum Gasteiger partial charge on any atom is 0.0641 e. The number of ether oxygens (including phenoxy) is 1. The standard InChI is InChI=1S/C15H22BrNO/c1-11-4-5-12(14(16)8-11)10-17-13-6-7-18-15(2,3)9-13/h4-5,8,13,17H,6-7,9-10H2,1-3H3. The minimum Gasteiger partial charge on any atom is -0.375 e. The van der Waals surface area contributed by atoms with Gasteiger partial charge < -0.3 is 10.1 Å². The molecule has 1 N–H and O–H groups in total. The van der Waals surface area contributed by atoms with Crippen LogP contribution in [0.2, 0.25) is 0 Å². The van der Waals surface area contributed by atoms with Gasteiger partial charge in [-0.05, 0) is 50.8 Å². The maximum atomic E-state index is 5.74. The topological polar surface area (TPSA) is 21.3 Å². The normalized spacial score (nSPS) is 23.0. The molecule has 0 saturated carbocycles. The molecule has 0 bridgehead atoms. The molecular weight excluding hydrogens is 290 g/mol. The Balaban J connectivity index is 1.91. The van der Waals surface area contributed by atoms with E-state index in [9.17, 15) is 0 Å². The molecule has 2 nitrogen and oxygen atoms in total. The van der Waals surface area contributed by atoms with Gasteiger partial charge >= 0.3 is 0 Å². The van der Waals surface area contributed by atoms with Crippen molar-refractivity contribution in [2.45, 2.75) is 51.8 Å². The van der Waals surface area contributed by atoms with Crippen LogP contribution >= 0.6 is 15.9 Å². The molecule has 0 aromatic heterocycles. The van der Waals surface area contributed by atoms with Gasteiger partial charge in [0.05, 0.1) is 5.60 Å². The molecule has 1 unspecified atom stereocenters. The molecule has 1 atom stereocenters. The van der Waals surface area contributed by atoms with Crippen molar-refractivity contribution >= 4 is 15.9 Å². The second kappa shape index (κ2) is 5.72. The van der Waals surface area contributed by atoms with Gasteiger partial charge in [0.1, 0.15) is 0 Å². The fraction of sp³-hybridized carbons (Fsp3) is 0.600. The number of rotatable bonds is 3. The Morgan fingerprint density at radius 2 is 2.22 bits per heavy atom. The van der Waals surface area contributed by atoms with Crippen LogP contribution in [-0.4, -0.2) is 18.2 Å². The van der Waals surface area contributed by atoms with Crippen LogP contribution in [0.25, 0.3) is 0 Å². The van der Waals surface area contributed by atoms with Crippen molar-refractivity contribution in [3.8, 4) is 0 Å². The van der Waals surface area contributed by atoms with Crippen molar-refractivity contribution in [2.24, 2.45) is 0 Å². The summed E-state index contributed by atoms with van der Waals surface area (Å²) < 4.78 is 6.93. The van der Waals surface area contributed by atoms with E-state index in [1.165, 1.54) is 15.6 Å². The Kier molecular flexibility index (Phi) is 4.46. The number of hydrogen-bond donors (Lipinski definition) is 1. The lowest BCUT2D eigenvalue weighted by Gasteiger charge is -2.36. The largest absolute Gasteiger partial charge is 0.375 e. The molecule has 1 aromatic rings. The average molecular weight is 312 g/mol. The van der Waals surface area contributed by atoms with Crippen molar-refractivity contribution in [1.82, 2.24) is 5.32 Å². The van der Waals surface area contributed by atoms with Gasteiger partial charge in [-0.15, -0.1) is 0 Å². The van der Waals surface area contributed by atoms with Gasteiger partial charge in [-0.25, -0.2) is 0 Å². The van der Waals surface area contributed by atoms with Gasteiger partial charge in [0.25, 0.3) is 0 Å². The molecule has 100 valence electrons. The van der Waals surface area contributed by atoms with Crippen molar-refractivity contribution in [3.63, 3.8) is 0 Å². The maximum absolute atomic E-state index is 5.74. The third kappa shape index (κ3) is 3.81. The van der Waals surface area contributed by atoms with Crippen LogP contribution < -0.4 is 5.32 Å². The Bertz CT molecular complexity index is 417. The number of halogens is 1. The summed E-state index contributed by atoms with van der Waals surface area (Å²) in [5.41, 5.74) is 2.63. The fourth-order valence-corrected chi connectivity index (χ4v) is 3.09. The summed E-state index contributed by atoms with van der Waals surface area (Å²) >= 11 is 3.63. The molecule has 1 aliphatic heterocycles. The Morgan fingerprint density at radius 3 is 2.89 bits per heavy atom. The molecule has 2 rings (SSSR count). The van der Waals surface area contributed by atoms with E-state index in [-0.39, 0.29) is 5.60 Å². The van der Waals surface area contributed by atoms with Crippen molar-refractivity contribution < 1.29 is 4.74 Å². The van der Waals surface area contributed by atoms with E-state index in [1.54, 1.807) is 0 Å². The van der Waals surface area contributed by atoms with Gasteiger partial charge in [0, 0.05) is 23.7 Å². The van der Waals surface area contributed by atoms with Gasteiger partial charge in [-0.1, -0.05) is 28.1 Å². The molecule has 18 heavy (non-hydrogen) atoms. The lowest BCUT2D eigenvalue weighted by molar-refractivity contribution is -0.0630. The molecule has 0 spiro atoms. The second-order valence-corrected chi connectivity index (χ2v) is 6.63. The zero-order valence-corrected chi connectivity index (χ0v) is 13.0. The van der Waals surface area contributed by atoms with Crippen molar-refractivity contribution in [2.75, 3.05) is 6.61 Å². The first-order valence-corrected chi connectivity index (χ1v) is 7.38. The molecule has 1 saturated heterocycles. The highest BCUT2D eigenvalue weighted by molar-refractivity contribution is 9.10. The Labute approximate surface area is 118 Å². The van der Waals surface area contributed by atoms with Crippen LogP contribution in [0.15, 0.2) is 22.7 Å². The zero-order chi connectivity index (χ0) is 13.2. The molecule has 1 aromatic carbocycles. The summed E-state index contributed by atoms with van der Waals surface area (Å²) in [5, 5.41) is 3.64. The molecule has 0 aliphatic carbocycles. The fourth-order valence-electron chi connectivity index (χ4n) is 2.46. The van der Waals surface area contributed by atoms with E-state index in [2.05, 4.69) is 60.2 Å². The van der Waals surface area contributed by atoms with Crippen LogP contribution in [0.5, 0.6) is 0 Å². The van der Waals surface area contributed by atoms with E-state index >= 15 is 0 Å². The summed E-state index contributed by atoms with van der Waals surface area (Å²) in [5.74, 6) is 0.